The molecule has 0 aliphatic heterocycles. The second-order valence-electron chi connectivity index (χ2n) is 6.20. The number of amides is 1. The van der Waals surface area contributed by atoms with Crippen molar-refractivity contribution in [2.75, 3.05) is 17.1 Å². The van der Waals surface area contributed by atoms with Gasteiger partial charge in [0.05, 0.1) is 16.9 Å². The molecule has 0 bridgehead atoms. The zero-order chi connectivity index (χ0) is 20.3. The van der Waals surface area contributed by atoms with E-state index in [2.05, 4.69) is 10.0 Å². The van der Waals surface area contributed by atoms with Crippen molar-refractivity contribution < 1.29 is 17.9 Å². The molecule has 146 valence electrons. The minimum atomic E-state index is -3.81. The Morgan fingerprint density at radius 3 is 2.32 bits per heavy atom. The van der Waals surface area contributed by atoms with Crippen molar-refractivity contribution in [2.45, 2.75) is 18.7 Å². The van der Waals surface area contributed by atoms with Gasteiger partial charge in [0, 0.05) is 11.4 Å². The van der Waals surface area contributed by atoms with E-state index in [-0.39, 0.29) is 10.8 Å². The summed E-state index contributed by atoms with van der Waals surface area (Å²) in [5.74, 6) is 0.375. The maximum Gasteiger partial charge on any atom is 0.266 e. The first kappa shape index (κ1) is 19.9. The average molecular weight is 417 g/mol. The van der Waals surface area contributed by atoms with Crippen molar-refractivity contribution in [1.82, 2.24) is 0 Å². The van der Waals surface area contributed by atoms with E-state index in [1.807, 2.05) is 25.3 Å². The third kappa shape index (κ3) is 4.35. The lowest BCUT2D eigenvalue weighted by atomic mass is 10.2. The summed E-state index contributed by atoms with van der Waals surface area (Å²) in [5, 5.41) is 4.65. The van der Waals surface area contributed by atoms with Crippen LogP contribution in [0.5, 0.6) is 5.75 Å². The van der Waals surface area contributed by atoms with E-state index in [0.29, 0.717) is 22.0 Å². The summed E-state index contributed by atoms with van der Waals surface area (Å²) in [5.41, 5.74) is 2.52. The highest BCUT2D eigenvalue weighted by Crippen LogP contribution is 2.25. The predicted octanol–water partition coefficient (Wildman–Crippen LogP) is 4.43. The first-order valence-corrected chi connectivity index (χ1v) is 10.8. The number of nitrogens with one attached hydrogen (secondary N) is 2. The molecule has 2 aromatic carbocycles. The third-order valence-electron chi connectivity index (χ3n) is 4.18. The van der Waals surface area contributed by atoms with Crippen LogP contribution >= 0.6 is 11.3 Å². The van der Waals surface area contributed by atoms with Gasteiger partial charge in [0.1, 0.15) is 5.75 Å². The summed E-state index contributed by atoms with van der Waals surface area (Å²) >= 11 is 1.34. The number of thiophene rings is 1. The minimum absolute atomic E-state index is 0.0621. The van der Waals surface area contributed by atoms with Gasteiger partial charge in [-0.15, -0.1) is 11.3 Å². The molecular formula is C20H20N2O4S2. The van der Waals surface area contributed by atoms with E-state index in [1.54, 1.807) is 37.4 Å². The Hall–Kier alpha value is -2.84. The van der Waals surface area contributed by atoms with Crippen LogP contribution in [0, 0.1) is 13.8 Å². The molecule has 0 saturated heterocycles. The molecule has 0 radical (unpaired) electrons. The molecule has 1 amide bonds. The molecule has 0 atom stereocenters. The number of hydrogen-bond acceptors (Lipinski definition) is 5. The van der Waals surface area contributed by atoms with E-state index < -0.39 is 10.0 Å². The zero-order valence-corrected chi connectivity index (χ0v) is 17.3. The van der Waals surface area contributed by atoms with E-state index in [1.165, 1.54) is 23.5 Å². The molecular weight excluding hydrogens is 396 g/mol. The standard InChI is InChI=1S/C20H20N2O4S2/c1-13-4-9-17(12-18(13)21-20(23)19-14(2)10-11-27-19)28(24,25)22-15-5-7-16(26-3)8-6-15/h4-12,22H,1-3H3,(H,21,23). The van der Waals surface area contributed by atoms with Gasteiger partial charge in [0.2, 0.25) is 0 Å². The number of benzene rings is 2. The van der Waals surface area contributed by atoms with Gasteiger partial charge in [-0.2, -0.15) is 0 Å². The lowest BCUT2D eigenvalue weighted by molar-refractivity contribution is 0.103. The van der Waals surface area contributed by atoms with E-state index in [0.717, 1.165) is 11.1 Å². The topological polar surface area (TPSA) is 84.5 Å². The molecule has 28 heavy (non-hydrogen) atoms. The number of rotatable bonds is 6. The van der Waals surface area contributed by atoms with Crippen LogP contribution in [-0.2, 0) is 10.0 Å². The maximum absolute atomic E-state index is 12.7. The second-order valence-corrected chi connectivity index (χ2v) is 8.80. The smallest absolute Gasteiger partial charge is 0.266 e. The Balaban J connectivity index is 1.84. The highest BCUT2D eigenvalue weighted by atomic mass is 32.2. The van der Waals surface area contributed by atoms with Gasteiger partial charge in [-0.3, -0.25) is 9.52 Å². The highest BCUT2D eigenvalue weighted by molar-refractivity contribution is 7.92. The molecule has 3 rings (SSSR count). The minimum Gasteiger partial charge on any atom is -0.497 e. The number of aryl methyl sites for hydroxylation is 2. The fraction of sp³-hybridized carbons (Fsp3) is 0.150. The molecule has 8 heteroatoms. The van der Waals surface area contributed by atoms with Crippen LogP contribution in [0.3, 0.4) is 0 Å². The number of carbonyl (C=O) groups excluding carboxylic acids is 1. The van der Waals surface area contributed by atoms with Crippen LogP contribution in [0.25, 0.3) is 0 Å². The Morgan fingerprint density at radius 1 is 1.00 bits per heavy atom. The van der Waals surface area contributed by atoms with E-state index in [9.17, 15) is 13.2 Å². The van der Waals surface area contributed by atoms with Gasteiger partial charge >= 0.3 is 0 Å². The summed E-state index contributed by atoms with van der Waals surface area (Å²) in [6.07, 6.45) is 0. The molecule has 0 unspecified atom stereocenters. The fourth-order valence-electron chi connectivity index (χ4n) is 2.56. The van der Waals surface area contributed by atoms with Gasteiger partial charge < -0.3 is 10.1 Å². The Labute approximate surface area is 168 Å². The summed E-state index contributed by atoms with van der Waals surface area (Å²) in [4.78, 5) is 13.1. The quantitative estimate of drug-likeness (QED) is 0.623. The third-order valence-corrected chi connectivity index (χ3v) is 6.57. The van der Waals surface area contributed by atoms with E-state index >= 15 is 0 Å². The lowest BCUT2D eigenvalue weighted by Crippen LogP contribution is -2.15. The van der Waals surface area contributed by atoms with Crippen molar-refractivity contribution in [3.63, 3.8) is 0 Å². The second kappa shape index (κ2) is 8.04. The molecule has 0 fully saturated rings. The maximum atomic E-state index is 12.7. The highest BCUT2D eigenvalue weighted by Gasteiger charge is 2.18. The summed E-state index contributed by atoms with van der Waals surface area (Å²) < 4.78 is 33.1. The molecule has 3 aromatic rings. The average Bonchev–Trinajstić information content (AvgIpc) is 3.10. The van der Waals surface area contributed by atoms with Gasteiger partial charge in [-0.05, 0) is 72.8 Å². The number of sulfonamides is 1. The molecule has 0 aliphatic rings. The van der Waals surface area contributed by atoms with Crippen molar-refractivity contribution in [2.24, 2.45) is 0 Å². The largest absolute Gasteiger partial charge is 0.497 e. The molecule has 2 N–H and O–H groups in total. The molecule has 1 heterocycles. The first-order chi connectivity index (χ1) is 13.3. The van der Waals surface area contributed by atoms with Crippen LogP contribution in [0.4, 0.5) is 11.4 Å². The Kier molecular flexibility index (Phi) is 5.71. The monoisotopic (exact) mass is 416 g/mol. The lowest BCUT2D eigenvalue weighted by Gasteiger charge is -2.12. The first-order valence-electron chi connectivity index (χ1n) is 8.43. The van der Waals surface area contributed by atoms with Crippen LogP contribution in [0.2, 0.25) is 0 Å². The van der Waals surface area contributed by atoms with Crippen LogP contribution in [0.1, 0.15) is 20.8 Å². The normalized spacial score (nSPS) is 11.1. The summed E-state index contributed by atoms with van der Waals surface area (Å²) in [7, 11) is -2.27. The van der Waals surface area contributed by atoms with Gasteiger partial charge in [-0.25, -0.2) is 8.42 Å². The molecule has 0 saturated carbocycles. The van der Waals surface area contributed by atoms with Crippen molar-refractivity contribution in [3.8, 4) is 5.75 Å². The summed E-state index contributed by atoms with van der Waals surface area (Å²) in [6.45, 7) is 3.67. The van der Waals surface area contributed by atoms with E-state index in [4.69, 9.17) is 4.74 Å². The van der Waals surface area contributed by atoms with Crippen molar-refractivity contribution in [1.29, 1.82) is 0 Å². The van der Waals surface area contributed by atoms with Gasteiger partial charge in [-0.1, -0.05) is 6.07 Å². The number of hydrogen-bond donors (Lipinski definition) is 2. The Morgan fingerprint density at radius 2 is 1.71 bits per heavy atom. The zero-order valence-electron chi connectivity index (χ0n) is 15.6. The Bertz CT molecular complexity index is 1100. The molecule has 0 spiro atoms. The molecule has 1 aromatic heterocycles. The summed E-state index contributed by atoms with van der Waals surface area (Å²) in [6, 6.07) is 13.1. The number of carbonyl (C=O) groups is 1. The van der Waals surface area contributed by atoms with Crippen LogP contribution in [0.15, 0.2) is 58.8 Å². The van der Waals surface area contributed by atoms with Crippen LogP contribution in [-0.4, -0.2) is 21.4 Å². The SMILES string of the molecule is COc1ccc(NS(=O)(=O)c2ccc(C)c(NC(=O)c3sccc3C)c2)cc1. The number of anilines is 2. The number of methoxy groups -OCH3 is 1. The van der Waals surface area contributed by atoms with Crippen molar-refractivity contribution in [3.05, 3.63) is 69.9 Å². The van der Waals surface area contributed by atoms with Gasteiger partial charge in [0.15, 0.2) is 0 Å². The van der Waals surface area contributed by atoms with Crippen molar-refractivity contribution >= 4 is 38.6 Å². The molecule has 6 nitrogen and oxygen atoms in total. The number of ether oxygens (including phenoxy) is 1. The fourth-order valence-corrected chi connectivity index (χ4v) is 4.47. The molecule has 0 aliphatic carbocycles. The predicted molar refractivity (Wildman–Crippen MR) is 112 cm³/mol. The van der Waals surface area contributed by atoms with Crippen LogP contribution < -0.4 is 14.8 Å². The van der Waals surface area contributed by atoms with Gasteiger partial charge in [0.25, 0.3) is 15.9 Å².